The molecule has 0 atom stereocenters. The van der Waals surface area contributed by atoms with Crippen LogP contribution < -0.4 is 0 Å². The molecule has 1 saturated carbocycles. The molecule has 5 heteroatoms. The lowest BCUT2D eigenvalue weighted by Gasteiger charge is -2.24. The summed E-state index contributed by atoms with van der Waals surface area (Å²) in [7, 11) is 1.92. The molecule has 1 aliphatic rings. The summed E-state index contributed by atoms with van der Waals surface area (Å²) in [5.41, 5.74) is 4.02. The maximum atomic E-state index is 13.0. The average Bonchev–Trinajstić information content (AvgIpc) is 3.40. The second-order valence-corrected chi connectivity index (χ2v) is 8.48. The third-order valence-corrected chi connectivity index (χ3v) is 6.07. The topological polar surface area (TPSA) is 49.0 Å². The van der Waals surface area contributed by atoms with Gasteiger partial charge in [0.25, 0.3) is 0 Å². The summed E-state index contributed by atoms with van der Waals surface area (Å²) in [6.07, 6.45) is 3.68. The third kappa shape index (κ3) is 3.90. The van der Waals surface area contributed by atoms with Gasteiger partial charge >= 0.3 is 0 Å². The van der Waals surface area contributed by atoms with Gasteiger partial charge in [0, 0.05) is 29.3 Å². The van der Waals surface area contributed by atoms with Gasteiger partial charge in [0.2, 0.25) is 5.91 Å². The molecule has 1 fully saturated rings. The van der Waals surface area contributed by atoms with E-state index in [4.69, 9.17) is 0 Å². The predicted molar refractivity (Wildman–Crippen MR) is 115 cm³/mol. The lowest BCUT2D eigenvalue weighted by Crippen LogP contribution is -2.37. The maximum absolute atomic E-state index is 13.0. The second kappa shape index (κ2) is 7.92. The minimum atomic E-state index is -0.302. The van der Waals surface area contributed by atoms with Crippen LogP contribution in [0, 0.1) is 0 Å². The van der Waals surface area contributed by atoms with Crippen LogP contribution in [0.2, 0.25) is 0 Å². The van der Waals surface area contributed by atoms with Crippen LogP contribution in [0.3, 0.4) is 0 Å². The van der Waals surface area contributed by atoms with Crippen molar-refractivity contribution in [3.8, 4) is 11.3 Å². The highest BCUT2D eigenvalue weighted by Gasteiger charge is 2.52. The molecule has 0 radical (unpaired) electrons. The molecule has 144 valence electrons. The summed E-state index contributed by atoms with van der Waals surface area (Å²) in [5.74, 6) is 0.240. The molecule has 0 saturated heterocycles. The van der Waals surface area contributed by atoms with E-state index in [1.54, 1.807) is 0 Å². The first-order chi connectivity index (χ1) is 13.6. The number of benzene rings is 2. The molecule has 2 aromatic carbocycles. The van der Waals surface area contributed by atoms with Crippen LogP contribution in [-0.2, 0) is 16.6 Å². The Morgan fingerprint density at radius 1 is 1.14 bits per heavy atom. The molecule has 3 aromatic rings. The molecule has 1 aromatic heterocycles. The fourth-order valence-electron chi connectivity index (χ4n) is 3.74. The Labute approximate surface area is 174 Å². The number of rotatable bonds is 7. The first kappa shape index (κ1) is 18.9. The zero-order valence-electron chi connectivity index (χ0n) is 16.0. The number of hydrogen-bond acceptors (Lipinski definition) is 2. The molecule has 28 heavy (non-hydrogen) atoms. The third-order valence-electron chi connectivity index (χ3n) is 5.54. The number of nitrogens with one attached hydrogen (secondary N) is 1. The molecule has 0 unspecified atom stereocenters. The van der Waals surface area contributed by atoms with Crippen molar-refractivity contribution in [1.29, 1.82) is 0 Å². The summed E-state index contributed by atoms with van der Waals surface area (Å²) >= 11 is 3.47. The van der Waals surface area contributed by atoms with E-state index in [9.17, 15) is 4.79 Å². The fourth-order valence-corrected chi connectivity index (χ4v) is 4.00. The van der Waals surface area contributed by atoms with Gasteiger partial charge in [0.15, 0.2) is 0 Å². The predicted octanol–water partition coefficient (Wildman–Crippen LogP) is 4.96. The Bertz CT molecular complexity index is 945. The van der Waals surface area contributed by atoms with Crippen molar-refractivity contribution in [2.45, 2.75) is 31.1 Å². The summed E-state index contributed by atoms with van der Waals surface area (Å²) < 4.78 is 1.04. The van der Waals surface area contributed by atoms with Crippen molar-refractivity contribution in [3.63, 3.8) is 0 Å². The van der Waals surface area contributed by atoms with Gasteiger partial charge in [0.05, 0.1) is 11.1 Å². The standard InChI is InChI=1S/C23H24BrN3O/c1-27(22(28)23(13-14-23)18-9-11-19(24)12-10-18)15-5-8-20-16-21(26-25-20)17-6-3-2-4-7-17/h2-4,6-7,9-12,16H,5,8,13-15H2,1H3,(H,25,26). The minimum Gasteiger partial charge on any atom is -0.345 e. The van der Waals surface area contributed by atoms with Crippen molar-refractivity contribution >= 4 is 21.8 Å². The highest BCUT2D eigenvalue weighted by Crippen LogP contribution is 2.49. The molecule has 1 aliphatic carbocycles. The summed E-state index contributed by atoms with van der Waals surface area (Å²) in [6.45, 7) is 0.747. The van der Waals surface area contributed by atoms with E-state index in [0.717, 1.165) is 59.2 Å². The van der Waals surface area contributed by atoms with Crippen LogP contribution >= 0.6 is 15.9 Å². The molecule has 0 bridgehead atoms. The van der Waals surface area contributed by atoms with Gasteiger partial charge in [-0.25, -0.2) is 0 Å². The van der Waals surface area contributed by atoms with E-state index in [-0.39, 0.29) is 11.3 Å². The van der Waals surface area contributed by atoms with Crippen LogP contribution in [0.4, 0.5) is 0 Å². The van der Waals surface area contributed by atoms with Crippen molar-refractivity contribution in [2.75, 3.05) is 13.6 Å². The Hall–Kier alpha value is -2.40. The van der Waals surface area contributed by atoms with E-state index in [1.165, 1.54) is 0 Å². The van der Waals surface area contributed by atoms with Crippen LogP contribution in [0.25, 0.3) is 11.3 Å². The van der Waals surface area contributed by atoms with Gasteiger partial charge in [-0.2, -0.15) is 5.10 Å². The van der Waals surface area contributed by atoms with Gasteiger partial charge in [-0.05, 0) is 49.4 Å². The van der Waals surface area contributed by atoms with Crippen molar-refractivity contribution in [1.82, 2.24) is 15.1 Å². The first-order valence-corrected chi connectivity index (χ1v) is 10.5. The zero-order chi connectivity index (χ0) is 19.6. The summed E-state index contributed by atoms with van der Waals surface area (Å²) in [4.78, 5) is 14.9. The monoisotopic (exact) mass is 437 g/mol. The first-order valence-electron chi connectivity index (χ1n) is 9.70. The van der Waals surface area contributed by atoms with E-state index in [1.807, 2.05) is 42.3 Å². The van der Waals surface area contributed by atoms with Gasteiger partial charge in [-0.15, -0.1) is 0 Å². The second-order valence-electron chi connectivity index (χ2n) is 7.56. The summed E-state index contributed by atoms with van der Waals surface area (Å²) in [6, 6.07) is 20.4. The molecule has 1 heterocycles. The highest BCUT2D eigenvalue weighted by atomic mass is 79.9. The molecular formula is C23H24BrN3O. The minimum absolute atomic E-state index is 0.240. The molecule has 0 spiro atoms. The number of likely N-dealkylation sites (N-methyl/N-ethyl adjacent to an activating group) is 1. The number of amides is 1. The molecule has 1 N–H and O–H groups in total. The number of aromatic amines is 1. The zero-order valence-corrected chi connectivity index (χ0v) is 17.6. The van der Waals surface area contributed by atoms with Gasteiger partial charge in [-0.1, -0.05) is 58.4 Å². The lowest BCUT2D eigenvalue weighted by molar-refractivity contribution is -0.132. The SMILES string of the molecule is CN(CCCc1cc(-c2ccccc2)n[nH]1)C(=O)C1(c2ccc(Br)cc2)CC1. The largest absolute Gasteiger partial charge is 0.345 e. The number of H-pyrrole nitrogens is 1. The lowest BCUT2D eigenvalue weighted by atomic mass is 9.94. The maximum Gasteiger partial charge on any atom is 0.232 e. The average molecular weight is 438 g/mol. The molecule has 4 rings (SSSR count). The van der Waals surface area contributed by atoms with E-state index in [2.05, 4.69) is 56.5 Å². The molecule has 4 nitrogen and oxygen atoms in total. The van der Waals surface area contributed by atoms with Crippen molar-refractivity contribution < 1.29 is 4.79 Å². The number of aryl methyl sites for hydroxylation is 1. The quantitative estimate of drug-likeness (QED) is 0.567. The van der Waals surface area contributed by atoms with Crippen LogP contribution in [0.15, 0.2) is 65.1 Å². The van der Waals surface area contributed by atoms with Crippen molar-refractivity contribution in [3.05, 3.63) is 76.4 Å². The molecule has 1 amide bonds. The number of halogens is 1. The molecule has 0 aliphatic heterocycles. The van der Waals surface area contributed by atoms with Crippen LogP contribution in [0.1, 0.15) is 30.5 Å². The number of aromatic nitrogens is 2. The van der Waals surface area contributed by atoms with Gasteiger partial charge in [0.1, 0.15) is 0 Å². The number of nitrogens with zero attached hydrogens (tertiary/aromatic N) is 2. The number of carbonyl (C=O) groups is 1. The Kier molecular flexibility index (Phi) is 5.36. The number of carbonyl (C=O) groups excluding carboxylic acids is 1. The van der Waals surface area contributed by atoms with Crippen molar-refractivity contribution in [2.24, 2.45) is 0 Å². The Morgan fingerprint density at radius 3 is 2.54 bits per heavy atom. The fraction of sp³-hybridized carbons (Fsp3) is 0.304. The van der Waals surface area contributed by atoms with E-state index in [0.29, 0.717) is 0 Å². The van der Waals surface area contributed by atoms with Gasteiger partial charge in [-0.3, -0.25) is 9.89 Å². The molecular weight excluding hydrogens is 414 g/mol. The van der Waals surface area contributed by atoms with Gasteiger partial charge < -0.3 is 4.90 Å². The summed E-state index contributed by atoms with van der Waals surface area (Å²) in [5, 5.41) is 7.53. The smallest absolute Gasteiger partial charge is 0.232 e. The Morgan fingerprint density at radius 2 is 1.86 bits per heavy atom. The van der Waals surface area contributed by atoms with E-state index >= 15 is 0 Å². The van der Waals surface area contributed by atoms with Crippen LogP contribution in [0.5, 0.6) is 0 Å². The number of hydrogen-bond donors (Lipinski definition) is 1. The van der Waals surface area contributed by atoms with Crippen LogP contribution in [-0.4, -0.2) is 34.6 Å². The highest BCUT2D eigenvalue weighted by molar-refractivity contribution is 9.10. The Balaban J connectivity index is 1.32. The normalized spacial score (nSPS) is 14.6. The van der Waals surface area contributed by atoms with E-state index < -0.39 is 0 Å².